The van der Waals surface area contributed by atoms with Gasteiger partial charge in [-0.3, -0.25) is 24.7 Å². The third kappa shape index (κ3) is 6.00. The van der Waals surface area contributed by atoms with E-state index in [1.54, 1.807) is 0 Å². The van der Waals surface area contributed by atoms with Crippen LogP contribution in [0.5, 0.6) is 0 Å². The second-order valence-corrected chi connectivity index (χ2v) is 5.24. The van der Waals surface area contributed by atoms with Crippen molar-refractivity contribution in [1.29, 1.82) is 0 Å². The average Bonchev–Trinajstić information content (AvgIpc) is 2.63. The van der Waals surface area contributed by atoms with Crippen molar-refractivity contribution in [3.63, 3.8) is 0 Å². The number of amides is 2. The molecule has 0 unspecified atom stereocenters. The number of rotatable bonds is 8. The van der Waals surface area contributed by atoms with E-state index in [-0.39, 0.29) is 11.5 Å². The van der Waals surface area contributed by atoms with Crippen LogP contribution in [0.3, 0.4) is 0 Å². The van der Waals surface area contributed by atoms with E-state index in [1.165, 1.54) is 14.1 Å². The van der Waals surface area contributed by atoms with Crippen LogP contribution < -0.4 is 21.7 Å². The van der Waals surface area contributed by atoms with Gasteiger partial charge in [0.15, 0.2) is 5.96 Å². The van der Waals surface area contributed by atoms with Crippen LogP contribution in [0.25, 0.3) is 0 Å². The molecule has 142 valence electrons. The first kappa shape index (κ1) is 20.8. The van der Waals surface area contributed by atoms with E-state index in [2.05, 4.69) is 20.9 Å². The highest BCUT2D eigenvalue weighted by Crippen LogP contribution is 2.18. The molecule has 0 bridgehead atoms. The van der Waals surface area contributed by atoms with Gasteiger partial charge in [-0.25, -0.2) is 0 Å². The number of halogens is 1. The summed E-state index contributed by atoms with van der Waals surface area (Å²) in [5.41, 5.74) is 4.56. The molecule has 0 radical (unpaired) electrons. The zero-order valence-corrected chi connectivity index (χ0v) is 14.4. The Balaban J connectivity index is 2.78. The quantitative estimate of drug-likeness (QED) is 0.165. The lowest BCUT2D eigenvalue weighted by molar-refractivity contribution is -0.387. The van der Waals surface area contributed by atoms with E-state index < -0.39 is 34.3 Å². The van der Waals surface area contributed by atoms with Gasteiger partial charge in [-0.2, -0.15) is 4.39 Å². The summed E-state index contributed by atoms with van der Waals surface area (Å²) in [5.74, 6) is -1.93. The molecule has 0 aromatic heterocycles. The summed E-state index contributed by atoms with van der Waals surface area (Å²) in [6.45, 7) is 0.439. The number of aliphatic imine (C=N–C) groups is 1. The van der Waals surface area contributed by atoms with E-state index in [4.69, 9.17) is 5.73 Å². The smallest absolute Gasteiger partial charge is 0.305 e. The molecule has 10 nitrogen and oxygen atoms in total. The fraction of sp³-hybridized carbons (Fsp3) is 0.400. The first-order chi connectivity index (χ1) is 12.3. The van der Waals surface area contributed by atoms with E-state index in [1.807, 2.05) is 0 Å². The number of nitrogens with zero attached hydrogens (tertiary/aromatic N) is 2. The molecule has 0 heterocycles. The molecule has 0 saturated heterocycles. The highest BCUT2D eigenvalue weighted by Gasteiger charge is 2.22. The van der Waals surface area contributed by atoms with Gasteiger partial charge in [0, 0.05) is 32.3 Å². The van der Waals surface area contributed by atoms with Crippen LogP contribution >= 0.6 is 0 Å². The molecule has 1 rings (SSSR count). The Hall–Kier alpha value is -3.24. The number of hydrogen-bond donors (Lipinski definition) is 4. The Morgan fingerprint density at radius 2 is 2.12 bits per heavy atom. The van der Waals surface area contributed by atoms with E-state index >= 15 is 0 Å². The van der Waals surface area contributed by atoms with Gasteiger partial charge >= 0.3 is 5.69 Å². The summed E-state index contributed by atoms with van der Waals surface area (Å²) in [6.07, 6.45) is 0.789. The summed E-state index contributed by atoms with van der Waals surface area (Å²) >= 11 is 0. The standard InChI is InChI=1S/C15H21FN6O4/c1-18-14(24)11(4-3-7-20-15(17)19-2)21-13(23)9-5-6-10(16)12(8-9)22(25)26/h5-6,8,11H,3-4,7H2,1-2H3,(H,18,24)(H,21,23)(H3,17,19,20)/t11-/m1/s1. The molecule has 0 spiro atoms. The zero-order chi connectivity index (χ0) is 19.7. The highest BCUT2D eigenvalue weighted by atomic mass is 19.1. The molecular weight excluding hydrogens is 347 g/mol. The minimum atomic E-state index is -1.05. The SMILES string of the molecule is CN=C(N)NCCC[C@@H](NC(=O)c1ccc(F)c([N+](=O)[O-])c1)C(=O)NC. The predicted molar refractivity (Wildman–Crippen MR) is 93.2 cm³/mol. The molecule has 5 N–H and O–H groups in total. The van der Waals surface area contributed by atoms with Crippen LogP contribution in [-0.4, -0.2) is 49.4 Å². The van der Waals surface area contributed by atoms with Gasteiger partial charge in [0.2, 0.25) is 11.7 Å². The summed E-state index contributed by atoms with van der Waals surface area (Å²) < 4.78 is 13.4. The maximum absolute atomic E-state index is 13.4. The maximum Gasteiger partial charge on any atom is 0.305 e. The normalized spacial score (nSPS) is 12.2. The fourth-order valence-electron chi connectivity index (χ4n) is 2.08. The lowest BCUT2D eigenvalue weighted by Gasteiger charge is -2.17. The zero-order valence-electron chi connectivity index (χ0n) is 14.4. The molecule has 0 aliphatic rings. The predicted octanol–water partition coefficient (Wildman–Crippen LogP) is -0.107. The Bertz CT molecular complexity index is 709. The van der Waals surface area contributed by atoms with Gasteiger partial charge < -0.3 is 21.7 Å². The Morgan fingerprint density at radius 1 is 1.42 bits per heavy atom. The lowest BCUT2D eigenvalue weighted by atomic mass is 10.1. The van der Waals surface area contributed by atoms with Gasteiger partial charge in [-0.15, -0.1) is 0 Å². The van der Waals surface area contributed by atoms with Crippen molar-refractivity contribution in [2.75, 3.05) is 20.6 Å². The van der Waals surface area contributed by atoms with Crippen LogP contribution in [0.15, 0.2) is 23.2 Å². The minimum absolute atomic E-state index is 0.118. The summed E-state index contributed by atoms with van der Waals surface area (Å²) in [6, 6.07) is 1.90. The van der Waals surface area contributed by atoms with E-state index in [0.717, 1.165) is 18.2 Å². The number of nitrogens with two attached hydrogens (primary N) is 1. The molecule has 26 heavy (non-hydrogen) atoms. The van der Waals surface area contributed by atoms with Crippen LogP contribution in [0.4, 0.5) is 10.1 Å². The lowest BCUT2D eigenvalue weighted by Crippen LogP contribution is -2.46. The second kappa shape index (κ2) is 9.91. The molecule has 0 saturated carbocycles. The third-order valence-electron chi connectivity index (χ3n) is 3.49. The number of benzene rings is 1. The van der Waals surface area contributed by atoms with Gasteiger partial charge in [-0.05, 0) is 25.0 Å². The summed E-state index contributed by atoms with van der Waals surface area (Å²) in [4.78, 5) is 37.8. The van der Waals surface area contributed by atoms with Crippen LogP contribution in [0.1, 0.15) is 23.2 Å². The van der Waals surface area contributed by atoms with Crippen molar-refractivity contribution >= 4 is 23.5 Å². The number of nitrogens with one attached hydrogen (secondary N) is 3. The van der Waals surface area contributed by atoms with Crippen molar-refractivity contribution in [3.05, 3.63) is 39.7 Å². The molecule has 11 heteroatoms. The van der Waals surface area contributed by atoms with Gasteiger partial charge in [-0.1, -0.05) is 0 Å². The van der Waals surface area contributed by atoms with Crippen molar-refractivity contribution in [2.45, 2.75) is 18.9 Å². The molecule has 1 aromatic rings. The van der Waals surface area contributed by atoms with Gasteiger partial charge in [0.25, 0.3) is 5.91 Å². The number of carbonyl (C=O) groups excluding carboxylic acids is 2. The number of guanidine groups is 1. The first-order valence-corrected chi connectivity index (χ1v) is 7.72. The largest absolute Gasteiger partial charge is 0.370 e. The summed E-state index contributed by atoms with van der Waals surface area (Å²) in [5, 5.41) is 18.5. The molecule has 2 amide bonds. The van der Waals surface area contributed by atoms with Crippen LogP contribution in [0, 0.1) is 15.9 Å². The number of carbonyl (C=O) groups is 2. The summed E-state index contributed by atoms with van der Waals surface area (Å²) in [7, 11) is 2.95. The molecule has 0 fully saturated rings. The van der Waals surface area contributed by atoms with Crippen molar-refractivity contribution in [3.8, 4) is 0 Å². The topological polar surface area (TPSA) is 152 Å². The van der Waals surface area contributed by atoms with Crippen molar-refractivity contribution < 1.29 is 18.9 Å². The Labute approximate surface area is 149 Å². The Morgan fingerprint density at radius 3 is 2.69 bits per heavy atom. The third-order valence-corrected chi connectivity index (χ3v) is 3.49. The molecular formula is C15H21FN6O4. The minimum Gasteiger partial charge on any atom is -0.370 e. The molecule has 0 aliphatic carbocycles. The number of hydrogen-bond acceptors (Lipinski definition) is 5. The first-order valence-electron chi connectivity index (χ1n) is 7.72. The van der Waals surface area contributed by atoms with E-state index in [0.29, 0.717) is 19.4 Å². The highest BCUT2D eigenvalue weighted by molar-refractivity contribution is 5.98. The van der Waals surface area contributed by atoms with Gasteiger partial charge in [0.1, 0.15) is 6.04 Å². The van der Waals surface area contributed by atoms with Crippen LogP contribution in [-0.2, 0) is 4.79 Å². The molecule has 1 aromatic carbocycles. The maximum atomic E-state index is 13.4. The molecule has 0 aliphatic heterocycles. The van der Waals surface area contributed by atoms with Crippen molar-refractivity contribution in [1.82, 2.24) is 16.0 Å². The fourth-order valence-corrected chi connectivity index (χ4v) is 2.08. The second-order valence-electron chi connectivity index (χ2n) is 5.24. The average molecular weight is 368 g/mol. The number of nitro benzene ring substituents is 1. The monoisotopic (exact) mass is 368 g/mol. The van der Waals surface area contributed by atoms with Crippen molar-refractivity contribution in [2.24, 2.45) is 10.7 Å². The number of likely N-dealkylation sites (N-methyl/N-ethyl adjacent to an activating group) is 1. The molecule has 1 atom stereocenters. The number of nitro groups is 1. The van der Waals surface area contributed by atoms with Gasteiger partial charge in [0.05, 0.1) is 4.92 Å². The van der Waals surface area contributed by atoms with Crippen LogP contribution in [0.2, 0.25) is 0 Å². The Kier molecular flexibility index (Phi) is 7.93. The van der Waals surface area contributed by atoms with E-state index in [9.17, 15) is 24.1 Å².